The van der Waals surface area contributed by atoms with Gasteiger partial charge in [0.2, 0.25) is 0 Å². The molecule has 0 amide bonds. The van der Waals surface area contributed by atoms with E-state index in [1.54, 1.807) is 0 Å². The Morgan fingerprint density at radius 3 is 2.88 bits per heavy atom. The van der Waals surface area contributed by atoms with Gasteiger partial charge in [0.25, 0.3) is 0 Å². The molecule has 3 heteroatoms. The van der Waals surface area contributed by atoms with Crippen molar-refractivity contribution in [2.45, 2.75) is 38.0 Å². The summed E-state index contributed by atoms with van der Waals surface area (Å²) in [6, 6.07) is 7.91. The van der Waals surface area contributed by atoms with Gasteiger partial charge in [-0.1, -0.05) is 35.3 Å². The Bertz CT molecular complexity index is 304. The van der Waals surface area contributed by atoms with Crippen LogP contribution in [0.1, 0.15) is 32.6 Å². The van der Waals surface area contributed by atoms with Gasteiger partial charge in [0, 0.05) is 9.85 Å². The first kappa shape index (κ1) is 13.9. The van der Waals surface area contributed by atoms with Gasteiger partial charge in [-0.2, -0.15) is 0 Å². The highest BCUT2D eigenvalue weighted by Gasteiger charge is 2.02. The van der Waals surface area contributed by atoms with Gasteiger partial charge in [-0.05, 0) is 37.5 Å². The van der Waals surface area contributed by atoms with Gasteiger partial charge in [0.15, 0.2) is 0 Å². The van der Waals surface area contributed by atoms with E-state index < -0.39 is 0 Å². The molecule has 0 radical (unpaired) electrons. The van der Waals surface area contributed by atoms with E-state index in [4.69, 9.17) is 16.3 Å². The van der Waals surface area contributed by atoms with Crippen LogP contribution in [-0.4, -0.2) is 12.0 Å². The Morgan fingerprint density at radius 1 is 1.38 bits per heavy atom. The predicted molar refractivity (Wildman–Crippen MR) is 73.4 cm³/mol. The van der Waals surface area contributed by atoms with Crippen molar-refractivity contribution in [2.24, 2.45) is 0 Å². The molecule has 1 rings (SSSR count). The second-order valence-corrected chi connectivity index (χ2v) is 5.37. The second-order valence-electron chi connectivity index (χ2n) is 3.83. The molecule has 16 heavy (non-hydrogen) atoms. The molecule has 0 aliphatic carbocycles. The van der Waals surface area contributed by atoms with Gasteiger partial charge in [-0.15, -0.1) is 11.6 Å². The smallest absolute Gasteiger partial charge is 0.120 e. The summed E-state index contributed by atoms with van der Waals surface area (Å²) in [7, 11) is 0. The van der Waals surface area contributed by atoms with Crippen LogP contribution in [0, 0.1) is 0 Å². The fourth-order valence-corrected chi connectivity index (χ4v) is 2.26. The third-order valence-corrected chi connectivity index (χ3v) is 3.26. The average Bonchev–Trinajstić information content (AvgIpc) is 2.25. The van der Waals surface area contributed by atoms with Crippen LogP contribution in [-0.2, 0) is 0 Å². The highest BCUT2D eigenvalue weighted by molar-refractivity contribution is 9.10. The summed E-state index contributed by atoms with van der Waals surface area (Å²) in [6.45, 7) is 2.90. The average molecular weight is 306 g/mol. The first-order valence-electron chi connectivity index (χ1n) is 5.74. The number of alkyl halides is 1. The summed E-state index contributed by atoms with van der Waals surface area (Å²) in [5.41, 5.74) is 0. The summed E-state index contributed by atoms with van der Waals surface area (Å²) < 4.78 is 6.67. The lowest BCUT2D eigenvalue weighted by Gasteiger charge is -2.09. The Labute approximate surface area is 111 Å². The monoisotopic (exact) mass is 304 g/mol. The maximum atomic E-state index is 6.12. The Kier molecular flexibility index (Phi) is 6.90. The SMILES string of the molecule is CCCC(Cl)CCCOc1cccc(Br)c1. The fraction of sp³-hybridized carbons (Fsp3) is 0.538. The summed E-state index contributed by atoms with van der Waals surface area (Å²) >= 11 is 9.54. The third kappa shape index (κ3) is 5.76. The maximum absolute atomic E-state index is 6.12. The molecule has 0 aliphatic rings. The van der Waals surface area contributed by atoms with Crippen LogP contribution in [0.3, 0.4) is 0 Å². The Morgan fingerprint density at radius 2 is 2.19 bits per heavy atom. The van der Waals surface area contributed by atoms with Gasteiger partial charge in [0.05, 0.1) is 6.61 Å². The van der Waals surface area contributed by atoms with Crippen molar-refractivity contribution >= 4 is 27.5 Å². The number of benzene rings is 1. The van der Waals surface area contributed by atoms with Crippen molar-refractivity contribution in [3.8, 4) is 5.75 Å². The number of hydrogen-bond acceptors (Lipinski definition) is 1. The van der Waals surface area contributed by atoms with E-state index in [0.717, 1.165) is 42.5 Å². The van der Waals surface area contributed by atoms with Crippen LogP contribution in [0.4, 0.5) is 0 Å². The van der Waals surface area contributed by atoms with E-state index in [2.05, 4.69) is 22.9 Å². The Hall–Kier alpha value is -0.210. The molecule has 1 nitrogen and oxygen atoms in total. The Balaban J connectivity index is 2.16. The normalized spacial score (nSPS) is 12.4. The maximum Gasteiger partial charge on any atom is 0.120 e. The van der Waals surface area contributed by atoms with E-state index in [1.807, 2.05) is 24.3 Å². The fourth-order valence-electron chi connectivity index (χ4n) is 1.51. The first-order valence-corrected chi connectivity index (χ1v) is 6.97. The molecule has 0 aromatic heterocycles. The van der Waals surface area contributed by atoms with Crippen molar-refractivity contribution in [1.29, 1.82) is 0 Å². The van der Waals surface area contributed by atoms with Gasteiger partial charge in [-0.3, -0.25) is 0 Å². The summed E-state index contributed by atoms with van der Waals surface area (Å²) in [6.07, 6.45) is 4.29. The number of rotatable bonds is 7. The lowest BCUT2D eigenvalue weighted by atomic mass is 10.1. The quantitative estimate of drug-likeness (QED) is 0.508. The van der Waals surface area contributed by atoms with Crippen molar-refractivity contribution in [3.63, 3.8) is 0 Å². The van der Waals surface area contributed by atoms with E-state index in [0.29, 0.717) is 5.38 Å². The minimum atomic E-state index is 0.302. The zero-order valence-corrected chi connectivity index (χ0v) is 11.9. The minimum Gasteiger partial charge on any atom is -0.494 e. The van der Waals surface area contributed by atoms with E-state index in [9.17, 15) is 0 Å². The second kappa shape index (κ2) is 7.97. The molecule has 0 spiro atoms. The van der Waals surface area contributed by atoms with Crippen LogP contribution in [0.25, 0.3) is 0 Å². The summed E-state index contributed by atoms with van der Waals surface area (Å²) in [5, 5.41) is 0.302. The molecule has 0 fully saturated rings. The van der Waals surface area contributed by atoms with Crippen LogP contribution < -0.4 is 4.74 Å². The van der Waals surface area contributed by atoms with E-state index in [-0.39, 0.29) is 0 Å². The zero-order valence-electron chi connectivity index (χ0n) is 9.59. The lowest BCUT2D eigenvalue weighted by molar-refractivity contribution is 0.305. The lowest BCUT2D eigenvalue weighted by Crippen LogP contribution is -2.03. The molecular formula is C13H18BrClO. The van der Waals surface area contributed by atoms with Crippen LogP contribution in [0.2, 0.25) is 0 Å². The summed E-state index contributed by atoms with van der Waals surface area (Å²) in [4.78, 5) is 0. The van der Waals surface area contributed by atoms with Gasteiger partial charge in [-0.25, -0.2) is 0 Å². The molecule has 1 aromatic rings. The molecule has 1 atom stereocenters. The molecule has 0 saturated carbocycles. The van der Waals surface area contributed by atoms with Crippen molar-refractivity contribution in [2.75, 3.05) is 6.61 Å². The predicted octanol–water partition coefficient (Wildman–Crippen LogP) is 5.02. The largest absolute Gasteiger partial charge is 0.494 e. The molecule has 0 saturated heterocycles. The molecule has 0 heterocycles. The van der Waals surface area contributed by atoms with Gasteiger partial charge >= 0.3 is 0 Å². The molecular weight excluding hydrogens is 287 g/mol. The highest BCUT2D eigenvalue weighted by atomic mass is 79.9. The molecule has 0 N–H and O–H groups in total. The van der Waals surface area contributed by atoms with Crippen molar-refractivity contribution in [3.05, 3.63) is 28.7 Å². The standard InChI is InChI=1S/C13H18BrClO/c1-2-5-12(15)7-4-9-16-13-8-3-6-11(14)10-13/h3,6,8,10,12H,2,4-5,7,9H2,1H3. The topological polar surface area (TPSA) is 9.23 Å². The molecule has 90 valence electrons. The first-order chi connectivity index (χ1) is 7.72. The molecule has 1 aromatic carbocycles. The molecule has 0 bridgehead atoms. The molecule has 0 aliphatic heterocycles. The number of ether oxygens (including phenoxy) is 1. The summed E-state index contributed by atoms with van der Waals surface area (Å²) in [5.74, 6) is 0.913. The van der Waals surface area contributed by atoms with Crippen LogP contribution in [0.5, 0.6) is 5.75 Å². The van der Waals surface area contributed by atoms with Crippen LogP contribution >= 0.6 is 27.5 Å². The number of hydrogen-bond donors (Lipinski definition) is 0. The number of halogens is 2. The van der Waals surface area contributed by atoms with Gasteiger partial charge < -0.3 is 4.74 Å². The van der Waals surface area contributed by atoms with Crippen LogP contribution in [0.15, 0.2) is 28.7 Å². The van der Waals surface area contributed by atoms with Gasteiger partial charge in [0.1, 0.15) is 5.75 Å². The highest BCUT2D eigenvalue weighted by Crippen LogP contribution is 2.18. The molecule has 1 unspecified atom stereocenters. The van der Waals surface area contributed by atoms with E-state index >= 15 is 0 Å². The third-order valence-electron chi connectivity index (χ3n) is 2.33. The minimum absolute atomic E-state index is 0.302. The zero-order chi connectivity index (χ0) is 11.8. The van der Waals surface area contributed by atoms with E-state index in [1.165, 1.54) is 0 Å². The van der Waals surface area contributed by atoms with Crippen molar-refractivity contribution in [1.82, 2.24) is 0 Å². The van der Waals surface area contributed by atoms with Crippen molar-refractivity contribution < 1.29 is 4.74 Å².